The molecular weight excluding hydrogens is 1030 g/mol. The number of alkyl halides is 6. The maximum absolute atomic E-state index is 13.5. The molecule has 8 aromatic rings. The van der Waals surface area contributed by atoms with Crippen LogP contribution >= 0.6 is 0 Å². The number of anilines is 2. The molecule has 16 nitrogen and oxygen atoms in total. The lowest BCUT2D eigenvalue weighted by Crippen LogP contribution is -2.19. The molecular formula is C48H36F8N8O8S2. The molecule has 0 radical (unpaired) electrons. The van der Waals surface area contributed by atoms with E-state index >= 15 is 0 Å². The molecule has 0 spiro atoms. The Bertz CT molecular complexity index is 3380. The van der Waals surface area contributed by atoms with Gasteiger partial charge in [0.25, 0.3) is 20.0 Å². The van der Waals surface area contributed by atoms with E-state index in [1.54, 1.807) is 26.0 Å². The van der Waals surface area contributed by atoms with Gasteiger partial charge in [0, 0.05) is 60.1 Å². The van der Waals surface area contributed by atoms with Crippen molar-refractivity contribution in [2.45, 2.75) is 60.7 Å². The van der Waals surface area contributed by atoms with Crippen LogP contribution in [0.1, 0.15) is 69.8 Å². The zero-order chi connectivity index (χ0) is 52.7. The van der Waals surface area contributed by atoms with Crippen LogP contribution in [0.25, 0.3) is 22.5 Å². The van der Waals surface area contributed by atoms with E-state index in [0.29, 0.717) is 46.9 Å². The first kappa shape index (κ1) is 50.9. The van der Waals surface area contributed by atoms with E-state index < -0.39 is 67.0 Å². The Labute approximate surface area is 415 Å². The number of aromatic nitrogens is 6. The number of halogens is 8. The minimum Gasteiger partial charge on any atom is -0.493 e. The molecule has 0 amide bonds. The van der Waals surface area contributed by atoms with Gasteiger partial charge in [-0.15, -0.1) is 0 Å². The highest BCUT2D eigenvalue weighted by atomic mass is 32.2. The normalized spacial score (nSPS) is 15.6. The van der Waals surface area contributed by atoms with E-state index in [0.717, 1.165) is 49.1 Å². The average molecular weight is 1070 g/mol. The Kier molecular flexibility index (Phi) is 13.6. The van der Waals surface area contributed by atoms with Gasteiger partial charge in [0.1, 0.15) is 35.4 Å². The summed E-state index contributed by atoms with van der Waals surface area (Å²) in [7, 11) is -8.27. The second-order valence-electron chi connectivity index (χ2n) is 16.5. The van der Waals surface area contributed by atoms with Crippen molar-refractivity contribution >= 4 is 31.9 Å². The van der Waals surface area contributed by atoms with Crippen LogP contribution < -0.4 is 18.9 Å². The molecule has 0 saturated heterocycles. The molecule has 2 aliphatic rings. The van der Waals surface area contributed by atoms with Crippen LogP contribution in [-0.4, -0.2) is 60.0 Å². The van der Waals surface area contributed by atoms with Crippen molar-refractivity contribution in [2.75, 3.05) is 22.7 Å². The van der Waals surface area contributed by atoms with Crippen molar-refractivity contribution in [3.05, 3.63) is 167 Å². The van der Waals surface area contributed by atoms with Gasteiger partial charge < -0.3 is 18.3 Å². The third-order valence-electron chi connectivity index (χ3n) is 11.7. The highest BCUT2D eigenvalue weighted by Gasteiger charge is 2.36. The smallest absolute Gasteiger partial charge is 0.416 e. The zero-order valence-corrected chi connectivity index (χ0v) is 39.8. The largest absolute Gasteiger partial charge is 0.493 e. The van der Waals surface area contributed by atoms with Crippen LogP contribution in [0.2, 0.25) is 0 Å². The maximum Gasteiger partial charge on any atom is 0.416 e. The fourth-order valence-corrected chi connectivity index (χ4v) is 10.2. The second kappa shape index (κ2) is 19.8. The molecule has 74 heavy (non-hydrogen) atoms. The van der Waals surface area contributed by atoms with Crippen LogP contribution in [0, 0.1) is 25.5 Å². The number of nitrogens with zero attached hydrogens (tertiary/aromatic N) is 6. The molecule has 4 aromatic heterocycles. The van der Waals surface area contributed by atoms with Gasteiger partial charge in [-0.3, -0.25) is 0 Å². The Morgan fingerprint density at radius 3 is 1.23 bits per heavy atom. The predicted octanol–water partition coefficient (Wildman–Crippen LogP) is 10.6. The number of hydrogen-bond donors (Lipinski definition) is 2. The number of nitrogens with one attached hydrogen (secondary N) is 2. The van der Waals surface area contributed by atoms with Crippen LogP contribution in [0.4, 0.5) is 47.0 Å². The molecule has 4 aromatic carbocycles. The zero-order valence-electron chi connectivity index (χ0n) is 38.2. The average Bonchev–Trinajstić information content (AvgIpc) is 4.01. The Balaban J connectivity index is 0.000000182. The van der Waals surface area contributed by atoms with Crippen LogP contribution in [0.3, 0.4) is 0 Å². The van der Waals surface area contributed by atoms with Gasteiger partial charge in [-0.05, 0) is 60.4 Å². The first-order chi connectivity index (χ1) is 35.0. The number of benzene rings is 4. The molecule has 2 N–H and O–H groups in total. The number of rotatable bonds is 10. The van der Waals surface area contributed by atoms with Gasteiger partial charge in [0.2, 0.25) is 11.9 Å². The van der Waals surface area contributed by atoms with Crippen molar-refractivity contribution < 1.29 is 70.3 Å². The van der Waals surface area contributed by atoms with E-state index in [9.17, 15) is 52.0 Å². The van der Waals surface area contributed by atoms with E-state index in [2.05, 4.69) is 39.3 Å². The third-order valence-corrected chi connectivity index (χ3v) is 14.3. The minimum atomic E-state index is -4.55. The standard InChI is InChI=1S/2C24H18F4N4O4S/c2*1-13-31-21(12-36-13)20-8-14(24(26,27)28)2-4-17(20)18-6-7-35-22-9-16(3-5-19(18)22)37(33,34)32-23-29-10-15(25)11-30-23/h2*2-5,8-12,18H,6-7H2,1H3,(H,29,30,32)/t2*18-/m10/s1. The minimum absolute atomic E-state index is 0.153. The Hall–Kier alpha value is -8.00. The van der Waals surface area contributed by atoms with Crippen LogP contribution in [-0.2, 0) is 32.4 Å². The first-order valence-electron chi connectivity index (χ1n) is 21.8. The molecule has 384 valence electrons. The molecule has 2 atom stereocenters. The van der Waals surface area contributed by atoms with Gasteiger partial charge in [-0.2, -0.15) is 26.3 Å². The summed E-state index contributed by atoms with van der Waals surface area (Å²) in [4.78, 5) is 22.5. The summed E-state index contributed by atoms with van der Waals surface area (Å²) in [6.45, 7) is 3.59. The summed E-state index contributed by atoms with van der Waals surface area (Å²) < 4.78 is 185. The van der Waals surface area contributed by atoms with Gasteiger partial charge in [-0.25, -0.2) is 65.0 Å². The van der Waals surface area contributed by atoms with Crippen LogP contribution in [0.5, 0.6) is 11.5 Å². The Morgan fingerprint density at radius 1 is 0.527 bits per heavy atom. The molecule has 26 heteroatoms. The van der Waals surface area contributed by atoms with E-state index in [1.165, 1.54) is 48.9 Å². The summed E-state index contributed by atoms with van der Waals surface area (Å²) in [5.74, 6) is -1.73. The SMILES string of the molecule is Cc1nc(-c2cc(C(F)(F)F)ccc2[C@@H]2CCOc3cc(S(=O)(=O)Nc4ncc(F)cn4)ccc32)co1.Cc1nc(-c2cc(C(F)(F)F)ccc2[C@H]2CCOc3cc(S(=O)(=O)Nc4ncc(F)cn4)ccc32)co1. The fraction of sp³-hybridized carbons (Fsp3) is 0.208. The summed E-state index contributed by atoms with van der Waals surface area (Å²) >= 11 is 0. The van der Waals surface area contributed by atoms with Crippen LogP contribution in [0.15, 0.2) is 129 Å². The second-order valence-corrected chi connectivity index (χ2v) is 19.9. The lowest BCUT2D eigenvalue weighted by Gasteiger charge is -2.28. The molecule has 0 saturated carbocycles. The monoisotopic (exact) mass is 1070 g/mol. The highest BCUT2D eigenvalue weighted by Crippen LogP contribution is 2.46. The van der Waals surface area contributed by atoms with Gasteiger partial charge >= 0.3 is 12.4 Å². The number of sulfonamides is 2. The van der Waals surface area contributed by atoms with E-state index in [-0.39, 0.29) is 68.9 Å². The summed E-state index contributed by atoms with van der Waals surface area (Å²) in [5, 5.41) is 0. The van der Waals surface area contributed by atoms with Gasteiger partial charge in [0.15, 0.2) is 23.4 Å². The van der Waals surface area contributed by atoms with Crippen molar-refractivity contribution in [3.8, 4) is 34.0 Å². The van der Waals surface area contributed by atoms with Crippen molar-refractivity contribution in [3.63, 3.8) is 0 Å². The van der Waals surface area contributed by atoms with Gasteiger partial charge in [0.05, 0.1) is 58.9 Å². The van der Waals surface area contributed by atoms with E-state index in [1.807, 2.05) is 0 Å². The summed E-state index contributed by atoms with van der Waals surface area (Å²) in [5.41, 5.74) is 1.73. The molecule has 0 aliphatic carbocycles. The van der Waals surface area contributed by atoms with Crippen molar-refractivity contribution in [1.82, 2.24) is 29.9 Å². The number of hydrogen-bond acceptors (Lipinski definition) is 14. The Morgan fingerprint density at radius 2 is 0.892 bits per heavy atom. The lowest BCUT2D eigenvalue weighted by molar-refractivity contribution is -0.138. The summed E-state index contributed by atoms with van der Waals surface area (Å²) in [6, 6.07) is 15.3. The number of oxazole rings is 2. The third kappa shape index (κ3) is 11.0. The highest BCUT2D eigenvalue weighted by molar-refractivity contribution is 7.93. The molecule has 0 unspecified atom stereocenters. The fourth-order valence-electron chi connectivity index (χ4n) is 8.30. The van der Waals surface area contributed by atoms with E-state index in [4.69, 9.17) is 18.3 Å². The summed E-state index contributed by atoms with van der Waals surface area (Å²) in [6.07, 6.45) is -2.33. The van der Waals surface area contributed by atoms with Gasteiger partial charge in [-0.1, -0.05) is 24.3 Å². The molecule has 2 aliphatic heterocycles. The molecule has 6 heterocycles. The maximum atomic E-state index is 13.5. The van der Waals surface area contributed by atoms with Crippen molar-refractivity contribution in [2.24, 2.45) is 0 Å². The first-order valence-corrected chi connectivity index (χ1v) is 24.8. The molecule has 0 fully saturated rings. The predicted molar refractivity (Wildman–Crippen MR) is 246 cm³/mol. The number of aryl methyl sites for hydroxylation is 2. The number of ether oxygens (including phenoxy) is 2. The van der Waals surface area contributed by atoms with Crippen molar-refractivity contribution in [1.29, 1.82) is 0 Å². The molecule has 10 rings (SSSR count). The lowest BCUT2D eigenvalue weighted by atomic mass is 9.83. The quantitative estimate of drug-likeness (QED) is 0.122. The number of fused-ring (bicyclic) bond motifs is 2. The molecule has 0 bridgehead atoms. The topological polar surface area (TPSA) is 214 Å².